The molecule has 0 atom stereocenters. The highest BCUT2D eigenvalue weighted by atomic mass is 35.5. The molecule has 0 aliphatic rings. The maximum atomic E-state index is 13.0. The lowest BCUT2D eigenvalue weighted by atomic mass is 9.84. The monoisotopic (exact) mass is 715 g/mol. The van der Waals surface area contributed by atoms with E-state index in [2.05, 4.69) is 104 Å². The second-order valence-corrected chi connectivity index (χ2v) is 13.5. The summed E-state index contributed by atoms with van der Waals surface area (Å²) in [4.78, 5) is 17.7. The van der Waals surface area contributed by atoms with Crippen LogP contribution in [0.5, 0.6) is 0 Å². The highest BCUT2D eigenvalue weighted by Crippen LogP contribution is 2.37. The smallest absolute Gasteiger partial charge is 0.249 e. The number of carbonyl (C=O) groups excluding carboxylic acids is 1. The van der Waals surface area contributed by atoms with Gasteiger partial charge in [-0.1, -0.05) is 102 Å². The van der Waals surface area contributed by atoms with Crippen molar-refractivity contribution in [2.45, 2.75) is 40.5 Å². The van der Waals surface area contributed by atoms with Crippen LogP contribution in [0.4, 0.5) is 11.4 Å². The minimum Gasteiger partial charge on any atom is -0.372 e. The summed E-state index contributed by atoms with van der Waals surface area (Å²) in [6.45, 7) is 14.4. The summed E-state index contributed by atoms with van der Waals surface area (Å²) in [5.41, 5.74) is 16.9. The van der Waals surface area contributed by atoms with Gasteiger partial charge in [0, 0.05) is 59.1 Å². The molecule has 0 aromatic heterocycles. The molecule has 0 aliphatic heterocycles. The third-order valence-corrected chi connectivity index (χ3v) is 9.95. The number of hydrogen-bond acceptors (Lipinski definition) is 3. The summed E-state index contributed by atoms with van der Waals surface area (Å²) in [6, 6.07) is 39.1. The molecular weight excluding hydrogens is 669 g/mol. The lowest BCUT2D eigenvalue weighted by Crippen LogP contribution is -2.21. The SMILES string of the molecule is CCN(CC)c1ccc(C(=CC(C=C(c2ccc(Cl)cc2)c2ccc(N(CC)CC)cc2)c2cc(C)ccc2C(N)=O)c2ccc(Cl)cc2)cc1. The van der Waals surface area contributed by atoms with Crippen LogP contribution in [-0.2, 0) is 0 Å². The molecule has 0 heterocycles. The molecule has 0 radical (unpaired) electrons. The number of aryl methyl sites for hydroxylation is 1. The summed E-state index contributed by atoms with van der Waals surface area (Å²) < 4.78 is 0. The number of primary amides is 1. The lowest BCUT2D eigenvalue weighted by Gasteiger charge is -2.23. The first kappa shape index (κ1) is 37.5. The number of anilines is 2. The Morgan fingerprint density at radius 1 is 0.588 bits per heavy atom. The van der Waals surface area contributed by atoms with Gasteiger partial charge in [0.1, 0.15) is 0 Å². The van der Waals surface area contributed by atoms with Gasteiger partial charge in [0.2, 0.25) is 5.91 Å². The van der Waals surface area contributed by atoms with Crippen molar-refractivity contribution >= 4 is 51.6 Å². The first-order chi connectivity index (χ1) is 24.6. The summed E-state index contributed by atoms with van der Waals surface area (Å²) in [7, 11) is 0. The predicted molar refractivity (Wildman–Crippen MR) is 220 cm³/mol. The van der Waals surface area contributed by atoms with Gasteiger partial charge < -0.3 is 15.5 Å². The van der Waals surface area contributed by atoms with E-state index in [1.807, 2.05) is 67.6 Å². The number of benzene rings is 5. The first-order valence-electron chi connectivity index (χ1n) is 17.7. The fourth-order valence-corrected chi connectivity index (χ4v) is 6.88. The van der Waals surface area contributed by atoms with Crippen molar-refractivity contribution in [3.8, 4) is 0 Å². The predicted octanol–water partition coefficient (Wildman–Crippen LogP) is 11.4. The van der Waals surface area contributed by atoms with Gasteiger partial charge in [0.25, 0.3) is 0 Å². The van der Waals surface area contributed by atoms with Crippen molar-refractivity contribution in [1.29, 1.82) is 0 Å². The molecule has 1 amide bonds. The Morgan fingerprint density at radius 2 is 0.941 bits per heavy atom. The number of halogens is 2. The van der Waals surface area contributed by atoms with Gasteiger partial charge in [-0.15, -0.1) is 0 Å². The average Bonchev–Trinajstić information content (AvgIpc) is 3.14. The number of rotatable bonds is 14. The van der Waals surface area contributed by atoms with Gasteiger partial charge in [-0.2, -0.15) is 0 Å². The lowest BCUT2D eigenvalue weighted by molar-refractivity contribution is 0.0999. The number of allylic oxidation sites excluding steroid dienone is 2. The molecule has 51 heavy (non-hydrogen) atoms. The molecule has 0 fully saturated rings. The highest BCUT2D eigenvalue weighted by Gasteiger charge is 2.20. The number of nitrogens with two attached hydrogens (primary N) is 1. The van der Waals surface area contributed by atoms with Gasteiger partial charge in [-0.05, 0) is 128 Å². The number of nitrogens with zero attached hydrogens (tertiary/aromatic N) is 2. The third kappa shape index (κ3) is 9.13. The molecule has 0 bridgehead atoms. The summed E-state index contributed by atoms with van der Waals surface area (Å²) >= 11 is 12.8. The van der Waals surface area contributed by atoms with E-state index >= 15 is 0 Å². The molecule has 6 heteroatoms. The van der Waals surface area contributed by atoms with E-state index in [4.69, 9.17) is 28.9 Å². The molecule has 2 N–H and O–H groups in total. The normalized spacial score (nSPS) is 12.5. The van der Waals surface area contributed by atoms with Crippen LogP contribution in [0, 0.1) is 6.92 Å². The Balaban J connectivity index is 1.80. The minimum atomic E-state index is -0.468. The van der Waals surface area contributed by atoms with Gasteiger partial charge in [0.05, 0.1) is 0 Å². The zero-order chi connectivity index (χ0) is 36.5. The van der Waals surface area contributed by atoms with E-state index in [1.54, 1.807) is 0 Å². The van der Waals surface area contributed by atoms with Gasteiger partial charge in [0.15, 0.2) is 0 Å². The molecule has 5 aromatic carbocycles. The molecular formula is C45H47Cl2N3O. The second-order valence-electron chi connectivity index (χ2n) is 12.6. The minimum absolute atomic E-state index is 0.353. The molecule has 4 nitrogen and oxygen atoms in total. The molecule has 5 aromatic rings. The van der Waals surface area contributed by atoms with Crippen LogP contribution in [0.1, 0.15) is 77.4 Å². The van der Waals surface area contributed by atoms with Crippen molar-refractivity contribution < 1.29 is 4.79 Å². The Labute approximate surface area is 313 Å². The molecule has 0 saturated carbocycles. The van der Waals surface area contributed by atoms with Crippen molar-refractivity contribution in [3.05, 3.63) is 176 Å². The van der Waals surface area contributed by atoms with E-state index in [9.17, 15) is 4.79 Å². The van der Waals surface area contributed by atoms with Gasteiger partial charge in [-0.25, -0.2) is 0 Å². The van der Waals surface area contributed by atoms with Crippen LogP contribution in [0.3, 0.4) is 0 Å². The van der Waals surface area contributed by atoms with Crippen LogP contribution in [0.25, 0.3) is 11.1 Å². The number of hydrogen-bond donors (Lipinski definition) is 1. The van der Waals surface area contributed by atoms with Crippen LogP contribution in [0.15, 0.2) is 127 Å². The van der Waals surface area contributed by atoms with Crippen molar-refractivity contribution in [3.63, 3.8) is 0 Å². The number of carbonyl (C=O) groups is 1. The van der Waals surface area contributed by atoms with Crippen LogP contribution >= 0.6 is 23.2 Å². The maximum Gasteiger partial charge on any atom is 0.249 e. The standard InChI is InChI=1S/C45H47Cl2N3O/c1-6-49(7-2)39-23-15-34(16-24-39)42(32-11-19-37(46)20-12-32)29-36(44-28-31(5)10-27-41(44)45(48)51)30-43(33-13-21-38(47)22-14-33)35-17-25-40(26-18-35)50(8-3)9-4/h10-30,36H,6-9H2,1-5H3,(H2,48,51). The van der Waals surface area contributed by atoms with Crippen LogP contribution < -0.4 is 15.5 Å². The van der Waals surface area contributed by atoms with Gasteiger partial charge in [-0.3, -0.25) is 4.79 Å². The molecule has 0 saturated heterocycles. The number of amides is 1. The molecule has 0 spiro atoms. The van der Waals surface area contributed by atoms with Crippen LogP contribution in [0.2, 0.25) is 10.0 Å². The Hall–Kier alpha value is -4.77. The Kier molecular flexibility index (Phi) is 12.8. The summed E-state index contributed by atoms with van der Waals surface area (Å²) in [5, 5.41) is 1.33. The molecule has 0 aliphatic carbocycles. The van der Waals surface area contributed by atoms with Crippen molar-refractivity contribution in [1.82, 2.24) is 0 Å². The Morgan fingerprint density at radius 3 is 1.27 bits per heavy atom. The summed E-state index contributed by atoms with van der Waals surface area (Å²) in [6.07, 6.45) is 4.49. The molecule has 262 valence electrons. The van der Waals surface area contributed by atoms with Crippen LogP contribution in [-0.4, -0.2) is 32.1 Å². The Bertz CT molecular complexity index is 1860. The first-order valence-corrected chi connectivity index (χ1v) is 18.5. The van der Waals surface area contributed by atoms with E-state index in [-0.39, 0.29) is 5.92 Å². The largest absolute Gasteiger partial charge is 0.372 e. The van der Waals surface area contributed by atoms with E-state index < -0.39 is 5.91 Å². The second kappa shape index (κ2) is 17.4. The fourth-order valence-electron chi connectivity index (χ4n) is 6.63. The third-order valence-electron chi connectivity index (χ3n) is 9.45. The quantitative estimate of drug-likeness (QED) is 0.124. The summed E-state index contributed by atoms with van der Waals surface area (Å²) in [5.74, 6) is -0.821. The van der Waals surface area contributed by atoms with Crippen molar-refractivity contribution in [2.24, 2.45) is 5.73 Å². The van der Waals surface area contributed by atoms with E-state index in [1.165, 1.54) is 11.4 Å². The maximum absolute atomic E-state index is 13.0. The fraction of sp³-hybridized carbons (Fsp3) is 0.222. The highest BCUT2D eigenvalue weighted by molar-refractivity contribution is 6.30. The van der Waals surface area contributed by atoms with Crippen molar-refractivity contribution in [2.75, 3.05) is 36.0 Å². The molecule has 0 unspecified atom stereocenters. The zero-order valence-electron chi connectivity index (χ0n) is 30.2. The van der Waals surface area contributed by atoms with E-state index in [0.717, 1.165) is 70.7 Å². The zero-order valence-corrected chi connectivity index (χ0v) is 31.7. The topological polar surface area (TPSA) is 49.6 Å². The average molecular weight is 717 g/mol. The van der Waals surface area contributed by atoms with E-state index in [0.29, 0.717) is 15.6 Å². The van der Waals surface area contributed by atoms with Gasteiger partial charge >= 0.3 is 0 Å². The molecule has 5 rings (SSSR count).